The Morgan fingerprint density at radius 2 is 1.56 bits per heavy atom. The normalized spacial score (nSPS) is 26.1. The zero-order valence-electron chi connectivity index (χ0n) is 8.95. The second-order valence-electron chi connectivity index (χ2n) is 3.96. The highest BCUT2D eigenvalue weighted by molar-refractivity contribution is 4.88. The van der Waals surface area contributed by atoms with Crippen LogP contribution in [0.15, 0.2) is 0 Å². The smallest absolute Gasteiger partial charge is 0.111 e. The Morgan fingerprint density at radius 1 is 1.00 bits per heavy atom. The molecule has 4 atom stereocenters. The van der Waals surface area contributed by atoms with E-state index in [1.54, 1.807) is 0 Å². The first-order valence-corrected chi connectivity index (χ1v) is 5.38. The van der Waals surface area contributed by atoms with Gasteiger partial charge >= 0.3 is 0 Å². The number of hydrogen-bond donors (Lipinski definition) is 7. The average molecular weight is 236 g/mol. The third kappa shape index (κ3) is 3.36. The Balaban J connectivity index is 2.47. The molecule has 0 unspecified atom stereocenters. The van der Waals surface area contributed by atoms with Gasteiger partial charge in [0, 0.05) is 0 Å². The van der Waals surface area contributed by atoms with E-state index in [4.69, 9.17) is 10.2 Å². The summed E-state index contributed by atoms with van der Waals surface area (Å²) in [5.74, 6) is 0. The number of aliphatic hydroxyl groups excluding tert-OH is 5. The molecule has 1 fully saturated rings. The van der Waals surface area contributed by atoms with Gasteiger partial charge in [-0.1, -0.05) is 0 Å². The van der Waals surface area contributed by atoms with E-state index in [1.807, 2.05) is 0 Å². The van der Waals surface area contributed by atoms with Crippen LogP contribution in [0, 0.1) is 0 Å². The van der Waals surface area contributed by atoms with Gasteiger partial charge in [-0.3, -0.25) is 10.6 Å². The van der Waals surface area contributed by atoms with E-state index in [0.717, 1.165) is 6.42 Å². The van der Waals surface area contributed by atoms with Gasteiger partial charge in [0.15, 0.2) is 0 Å². The first-order chi connectivity index (χ1) is 7.57. The maximum Gasteiger partial charge on any atom is 0.111 e. The highest BCUT2D eigenvalue weighted by atomic mass is 16.4. The minimum atomic E-state index is -1.58. The largest absolute Gasteiger partial charge is 0.394 e. The minimum absolute atomic E-state index is 0.524. The molecule has 1 aliphatic heterocycles. The molecule has 0 saturated carbocycles. The van der Waals surface area contributed by atoms with Crippen molar-refractivity contribution in [3.63, 3.8) is 0 Å². The molecule has 0 amide bonds. The van der Waals surface area contributed by atoms with Crippen molar-refractivity contribution in [1.82, 2.24) is 10.6 Å². The van der Waals surface area contributed by atoms with Crippen LogP contribution in [0.3, 0.4) is 0 Å². The molecule has 0 aromatic carbocycles. The van der Waals surface area contributed by atoms with Crippen molar-refractivity contribution in [2.75, 3.05) is 19.7 Å². The molecule has 96 valence electrons. The monoisotopic (exact) mass is 236 g/mol. The zero-order valence-corrected chi connectivity index (χ0v) is 8.95. The van der Waals surface area contributed by atoms with E-state index in [1.165, 1.54) is 0 Å². The first-order valence-electron chi connectivity index (χ1n) is 5.38. The predicted molar refractivity (Wildman–Crippen MR) is 55.5 cm³/mol. The second-order valence-corrected chi connectivity index (χ2v) is 3.96. The molecule has 1 rings (SSSR count). The highest BCUT2D eigenvalue weighted by Gasteiger charge is 2.34. The fraction of sp³-hybridized carbons (Fsp3) is 1.00. The van der Waals surface area contributed by atoms with Crippen LogP contribution in [0.4, 0.5) is 0 Å². The van der Waals surface area contributed by atoms with Gasteiger partial charge in [0.05, 0.1) is 12.8 Å². The van der Waals surface area contributed by atoms with Crippen LogP contribution in [0.25, 0.3) is 0 Å². The van der Waals surface area contributed by atoms with Gasteiger partial charge in [0.25, 0.3) is 0 Å². The summed E-state index contributed by atoms with van der Waals surface area (Å²) in [5, 5.41) is 52.3. The van der Waals surface area contributed by atoms with E-state index < -0.39 is 37.2 Å². The fourth-order valence-electron chi connectivity index (χ4n) is 1.65. The van der Waals surface area contributed by atoms with E-state index in [9.17, 15) is 15.3 Å². The lowest BCUT2D eigenvalue weighted by molar-refractivity contribution is -0.125. The summed E-state index contributed by atoms with van der Waals surface area (Å²) in [6.07, 6.45) is -5.42. The Kier molecular flexibility index (Phi) is 5.56. The summed E-state index contributed by atoms with van der Waals surface area (Å²) in [5.41, 5.74) is 0. The number of nitrogens with one attached hydrogen (secondary N) is 2. The molecule has 0 spiro atoms. The first kappa shape index (κ1) is 13.8. The molecule has 1 heterocycles. The molecule has 7 heteroatoms. The quantitative estimate of drug-likeness (QED) is 0.262. The fourth-order valence-corrected chi connectivity index (χ4v) is 1.65. The summed E-state index contributed by atoms with van der Waals surface area (Å²) >= 11 is 0. The molecule has 16 heavy (non-hydrogen) atoms. The lowest BCUT2D eigenvalue weighted by Crippen LogP contribution is -2.61. The van der Waals surface area contributed by atoms with Crippen molar-refractivity contribution < 1.29 is 25.5 Å². The van der Waals surface area contributed by atoms with Gasteiger partial charge in [-0.05, 0) is 19.5 Å². The highest BCUT2D eigenvalue weighted by Crippen LogP contribution is 2.08. The molecular formula is C9H20N2O5. The Bertz CT molecular complexity index is 194. The van der Waals surface area contributed by atoms with E-state index in [0.29, 0.717) is 13.1 Å². The van der Waals surface area contributed by atoms with Crippen LogP contribution in [0.2, 0.25) is 0 Å². The zero-order chi connectivity index (χ0) is 12.1. The third-order valence-corrected chi connectivity index (χ3v) is 2.70. The molecule has 0 radical (unpaired) electrons. The van der Waals surface area contributed by atoms with Crippen LogP contribution < -0.4 is 10.6 Å². The Labute approximate surface area is 93.7 Å². The van der Waals surface area contributed by atoms with E-state index in [-0.39, 0.29) is 0 Å². The van der Waals surface area contributed by atoms with Crippen LogP contribution in [0.5, 0.6) is 0 Å². The lowest BCUT2D eigenvalue weighted by atomic mass is 10.0. The van der Waals surface area contributed by atoms with Crippen LogP contribution in [-0.2, 0) is 0 Å². The molecule has 1 saturated heterocycles. The lowest BCUT2D eigenvalue weighted by Gasteiger charge is -2.34. The maximum atomic E-state index is 9.73. The van der Waals surface area contributed by atoms with Crippen molar-refractivity contribution in [1.29, 1.82) is 0 Å². The molecule has 7 nitrogen and oxygen atoms in total. The van der Waals surface area contributed by atoms with Crippen LogP contribution in [-0.4, -0.2) is 75.8 Å². The average Bonchev–Trinajstić information content (AvgIpc) is 2.36. The van der Waals surface area contributed by atoms with Crippen molar-refractivity contribution >= 4 is 0 Å². The van der Waals surface area contributed by atoms with Gasteiger partial charge in [0.1, 0.15) is 24.4 Å². The summed E-state index contributed by atoms with van der Waals surface area (Å²) in [6, 6.07) is 0. The van der Waals surface area contributed by atoms with Crippen molar-refractivity contribution in [2.24, 2.45) is 0 Å². The van der Waals surface area contributed by atoms with E-state index in [2.05, 4.69) is 10.6 Å². The van der Waals surface area contributed by atoms with Gasteiger partial charge in [-0.15, -0.1) is 0 Å². The summed E-state index contributed by atoms with van der Waals surface area (Å²) in [7, 11) is 0. The molecule has 0 aliphatic carbocycles. The molecule has 0 aromatic heterocycles. The number of aliphatic hydroxyl groups is 5. The SMILES string of the molecule is OC[C@H](O)[C@H](O)[C@H](O)[C@H](O)C1NCCCN1. The van der Waals surface area contributed by atoms with Crippen molar-refractivity contribution in [3.05, 3.63) is 0 Å². The van der Waals surface area contributed by atoms with Gasteiger partial charge < -0.3 is 25.5 Å². The van der Waals surface area contributed by atoms with Crippen molar-refractivity contribution in [3.8, 4) is 0 Å². The summed E-state index contributed by atoms with van der Waals surface area (Å²) in [6.45, 7) is 0.747. The molecule has 0 aromatic rings. The standard InChI is InChI=1S/C9H20N2O5/c12-4-5(13)6(14)7(15)8(16)9-10-2-1-3-11-9/h5-16H,1-4H2/t5-,6-,7-,8-/m0/s1. The second kappa shape index (κ2) is 6.45. The molecule has 1 aliphatic rings. The van der Waals surface area contributed by atoms with Crippen LogP contribution in [0.1, 0.15) is 6.42 Å². The number of hydrogen-bond acceptors (Lipinski definition) is 7. The number of rotatable bonds is 5. The topological polar surface area (TPSA) is 125 Å². The predicted octanol–water partition coefficient (Wildman–Crippen LogP) is -3.67. The summed E-state index contributed by atoms with van der Waals surface area (Å²) < 4.78 is 0. The third-order valence-electron chi connectivity index (χ3n) is 2.70. The van der Waals surface area contributed by atoms with Crippen molar-refractivity contribution in [2.45, 2.75) is 37.0 Å². The van der Waals surface area contributed by atoms with Gasteiger partial charge in [0.2, 0.25) is 0 Å². The minimum Gasteiger partial charge on any atom is -0.394 e. The van der Waals surface area contributed by atoms with Gasteiger partial charge in [-0.25, -0.2) is 0 Å². The Hall–Kier alpha value is -0.280. The van der Waals surface area contributed by atoms with Gasteiger partial charge in [-0.2, -0.15) is 0 Å². The molecular weight excluding hydrogens is 216 g/mol. The molecule has 7 N–H and O–H groups in total. The Morgan fingerprint density at radius 3 is 2.06 bits per heavy atom. The van der Waals surface area contributed by atoms with Crippen LogP contribution >= 0.6 is 0 Å². The maximum absolute atomic E-state index is 9.73. The van der Waals surface area contributed by atoms with E-state index >= 15 is 0 Å². The summed E-state index contributed by atoms with van der Waals surface area (Å²) in [4.78, 5) is 0. The molecule has 0 bridgehead atoms.